The molecule has 0 radical (unpaired) electrons. The predicted molar refractivity (Wildman–Crippen MR) is 86.5 cm³/mol. The Balaban J connectivity index is 1.70. The molecule has 7 heteroatoms. The Bertz CT molecular complexity index is 623. The highest BCUT2D eigenvalue weighted by Crippen LogP contribution is 2.29. The van der Waals surface area contributed by atoms with E-state index in [0.717, 1.165) is 17.9 Å². The number of nitrogens with zero attached hydrogens (tertiary/aromatic N) is 2. The molecule has 5 nitrogen and oxygen atoms in total. The second-order valence-corrected chi connectivity index (χ2v) is 8.56. The van der Waals surface area contributed by atoms with E-state index in [-0.39, 0.29) is 4.90 Å². The van der Waals surface area contributed by atoms with Gasteiger partial charge in [-0.05, 0) is 31.4 Å². The van der Waals surface area contributed by atoms with Crippen molar-refractivity contribution in [3.05, 3.63) is 30.5 Å². The summed E-state index contributed by atoms with van der Waals surface area (Å²) >= 11 is 1.69. The van der Waals surface area contributed by atoms with Crippen molar-refractivity contribution in [2.24, 2.45) is 0 Å². The summed E-state index contributed by atoms with van der Waals surface area (Å²) in [4.78, 5) is 4.59. The Morgan fingerprint density at radius 3 is 2.73 bits per heavy atom. The molecule has 1 aromatic heterocycles. The number of sulfonamides is 1. The average molecular weight is 340 g/mol. The standard InChI is InChI=1S/C15H20N2O3S2/c18-22(19,17-8-10-20-11-9-17)14-6-7-15(16-12-14)21-13-4-2-1-3-5-13/h2,4,6-7,12-13H,1,3,5,8-11H2. The summed E-state index contributed by atoms with van der Waals surface area (Å²) in [6.45, 7) is 1.72. The van der Waals surface area contributed by atoms with Gasteiger partial charge in [0.2, 0.25) is 10.0 Å². The van der Waals surface area contributed by atoms with Crippen LogP contribution in [0.25, 0.3) is 0 Å². The monoisotopic (exact) mass is 340 g/mol. The van der Waals surface area contributed by atoms with E-state index in [2.05, 4.69) is 17.1 Å². The van der Waals surface area contributed by atoms with Gasteiger partial charge in [-0.1, -0.05) is 23.9 Å². The lowest BCUT2D eigenvalue weighted by Gasteiger charge is -2.25. The number of aromatic nitrogens is 1. The third-order valence-corrected chi connectivity index (χ3v) is 6.86. The molecule has 1 aromatic rings. The SMILES string of the molecule is O=S(=O)(c1ccc(SC2C=CCCC2)nc1)N1CCOCC1. The molecule has 1 aliphatic carbocycles. The van der Waals surface area contributed by atoms with Crippen LogP contribution in [0.4, 0.5) is 0 Å². The van der Waals surface area contributed by atoms with Gasteiger partial charge in [-0.25, -0.2) is 13.4 Å². The Kier molecular flexibility index (Phi) is 5.18. The molecular formula is C15H20N2O3S2. The lowest BCUT2D eigenvalue weighted by atomic mass is 10.1. The second-order valence-electron chi connectivity index (χ2n) is 5.36. The highest BCUT2D eigenvalue weighted by Gasteiger charge is 2.26. The molecule has 0 bridgehead atoms. The third kappa shape index (κ3) is 3.71. The number of morpholine rings is 1. The number of rotatable bonds is 4. The predicted octanol–water partition coefficient (Wildman–Crippen LogP) is 2.30. The Hall–Kier alpha value is -0.890. The summed E-state index contributed by atoms with van der Waals surface area (Å²) in [5.41, 5.74) is 0. The Labute approximate surface area is 135 Å². The molecule has 0 saturated carbocycles. The van der Waals surface area contributed by atoms with Crippen LogP contribution in [-0.4, -0.2) is 49.3 Å². The minimum absolute atomic E-state index is 0.262. The maximum absolute atomic E-state index is 12.5. The van der Waals surface area contributed by atoms with Crippen molar-refractivity contribution < 1.29 is 13.2 Å². The summed E-state index contributed by atoms with van der Waals surface area (Å²) in [6, 6.07) is 3.47. The summed E-state index contributed by atoms with van der Waals surface area (Å²) in [5.74, 6) is 0. The summed E-state index contributed by atoms with van der Waals surface area (Å²) in [5, 5.41) is 1.32. The molecule has 22 heavy (non-hydrogen) atoms. The first-order valence-electron chi connectivity index (χ1n) is 7.53. The van der Waals surface area contributed by atoms with Gasteiger partial charge < -0.3 is 4.74 Å². The van der Waals surface area contributed by atoms with Crippen LogP contribution in [0.1, 0.15) is 19.3 Å². The van der Waals surface area contributed by atoms with Crippen LogP contribution in [0.3, 0.4) is 0 Å². The molecule has 0 aromatic carbocycles. The third-order valence-electron chi connectivity index (χ3n) is 3.80. The Morgan fingerprint density at radius 1 is 1.27 bits per heavy atom. The minimum Gasteiger partial charge on any atom is -0.379 e. The van der Waals surface area contributed by atoms with Gasteiger partial charge in [-0.2, -0.15) is 4.31 Å². The molecule has 1 fully saturated rings. The fourth-order valence-electron chi connectivity index (χ4n) is 2.56. The van der Waals surface area contributed by atoms with Crippen LogP contribution in [-0.2, 0) is 14.8 Å². The molecule has 0 spiro atoms. The smallest absolute Gasteiger partial charge is 0.244 e. The van der Waals surface area contributed by atoms with Crippen LogP contribution in [0.15, 0.2) is 40.4 Å². The number of hydrogen-bond acceptors (Lipinski definition) is 5. The van der Waals surface area contributed by atoms with E-state index in [4.69, 9.17) is 4.74 Å². The van der Waals surface area contributed by atoms with E-state index < -0.39 is 10.0 Å². The fraction of sp³-hybridized carbons (Fsp3) is 0.533. The quantitative estimate of drug-likeness (QED) is 0.787. The highest BCUT2D eigenvalue weighted by molar-refractivity contribution is 8.00. The van der Waals surface area contributed by atoms with E-state index in [9.17, 15) is 8.42 Å². The zero-order chi connectivity index (χ0) is 15.4. The maximum atomic E-state index is 12.5. The van der Waals surface area contributed by atoms with E-state index in [1.807, 2.05) is 0 Å². The van der Waals surface area contributed by atoms with Gasteiger partial charge in [-0.15, -0.1) is 0 Å². The number of hydrogen-bond donors (Lipinski definition) is 0. The summed E-state index contributed by atoms with van der Waals surface area (Å²) in [6.07, 6.45) is 9.40. The van der Waals surface area contributed by atoms with E-state index in [1.54, 1.807) is 23.9 Å². The van der Waals surface area contributed by atoms with E-state index >= 15 is 0 Å². The first-order valence-corrected chi connectivity index (χ1v) is 9.85. The normalized spacial score (nSPS) is 23.5. The molecule has 1 aliphatic heterocycles. The lowest BCUT2D eigenvalue weighted by Crippen LogP contribution is -2.40. The van der Waals surface area contributed by atoms with E-state index in [0.29, 0.717) is 31.6 Å². The highest BCUT2D eigenvalue weighted by atomic mass is 32.2. The molecule has 2 aliphatic rings. The van der Waals surface area contributed by atoms with Crippen LogP contribution in [0, 0.1) is 0 Å². The molecule has 1 saturated heterocycles. The van der Waals surface area contributed by atoms with Crippen molar-refractivity contribution in [1.82, 2.24) is 9.29 Å². The molecule has 0 N–H and O–H groups in total. The zero-order valence-electron chi connectivity index (χ0n) is 12.3. The summed E-state index contributed by atoms with van der Waals surface area (Å²) < 4.78 is 31.7. The van der Waals surface area contributed by atoms with Gasteiger partial charge in [0.1, 0.15) is 4.90 Å². The molecule has 120 valence electrons. The first-order chi connectivity index (χ1) is 10.7. The Morgan fingerprint density at radius 2 is 2.09 bits per heavy atom. The van der Waals surface area contributed by atoms with Gasteiger partial charge in [0, 0.05) is 24.5 Å². The molecule has 3 rings (SSSR count). The number of allylic oxidation sites excluding steroid dienone is 1. The minimum atomic E-state index is -3.44. The summed E-state index contributed by atoms with van der Waals surface area (Å²) in [7, 11) is -3.44. The lowest BCUT2D eigenvalue weighted by molar-refractivity contribution is 0.0730. The maximum Gasteiger partial charge on any atom is 0.244 e. The first kappa shape index (κ1) is 16.0. The van der Waals surface area contributed by atoms with Crippen molar-refractivity contribution in [2.45, 2.75) is 34.4 Å². The fourth-order valence-corrected chi connectivity index (χ4v) is 4.96. The molecular weight excluding hydrogens is 320 g/mol. The zero-order valence-corrected chi connectivity index (χ0v) is 14.0. The topological polar surface area (TPSA) is 59.5 Å². The second kappa shape index (κ2) is 7.12. The van der Waals surface area contributed by atoms with Gasteiger partial charge in [0.05, 0.1) is 18.2 Å². The molecule has 2 heterocycles. The van der Waals surface area contributed by atoms with Gasteiger partial charge in [-0.3, -0.25) is 0 Å². The van der Waals surface area contributed by atoms with E-state index in [1.165, 1.54) is 16.9 Å². The van der Waals surface area contributed by atoms with Gasteiger partial charge in [0.25, 0.3) is 0 Å². The number of ether oxygens (including phenoxy) is 1. The van der Waals surface area contributed by atoms with Crippen molar-refractivity contribution in [1.29, 1.82) is 0 Å². The molecule has 0 amide bonds. The van der Waals surface area contributed by atoms with Crippen molar-refractivity contribution in [2.75, 3.05) is 26.3 Å². The van der Waals surface area contributed by atoms with Crippen LogP contribution < -0.4 is 0 Å². The molecule has 1 atom stereocenters. The average Bonchev–Trinajstić information content (AvgIpc) is 2.57. The van der Waals surface area contributed by atoms with Crippen LogP contribution in [0.5, 0.6) is 0 Å². The van der Waals surface area contributed by atoms with Crippen LogP contribution >= 0.6 is 11.8 Å². The van der Waals surface area contributed by atoms with Crippen LogP contribution in [0.2, 0.25) is 0 Å². The van der Waals surface area contributed by atoms with Crippen molar-refractivity contribution >= 4 is 21.8 Å². The number of thioether (sulfide) groups is 1. The largest absolute Gasteiger partial charge is 0.379 e. The van der Waals surface area contributed by atoms with Gasteiger partial charge in [0.15, 0.2) is 0 Å². The number of pyridine rings is 1. The van der Waals surface area contributed by atoms with Crippen molar-refractivity contribution in [3.63, 3.8) is 0 Å². The van der Waals surface area contributed by atoms with Crippen molar-refractivity contribution in [3.8, 4) is 0 Å². The molecule has 1 unspecified atom stereocenters. The van der Waals surface area contributed by atoms with Gasteiger partial charge >= 0.3 is 0 Å².